The van der Waals surface area contributed by atoms with Crippen molar-refractivity contribution in [3.05, 3.63) is 34.6 Å². The van der Waals surface area contributed by atoms with Crippen molar-refractivity contribution in [3.8, 4) is 5.69 Å². The topological polar surface area (TPSA) is 183 Å². The number of nitro groups is 1. The van der Waals surface area contributed by atoms with Crippen LogP contribution in [0.4, 0.5) is 11.4 Å². The Labute approximate surface area is 184 Å². The Balaban J connectivity index is 1.43. The van der Waals surface area contributed by atoms with E-state index in [1.807, 2.05) is 0 Å². The van der Waals surface area contributed by atoms with Crippen LogP contribution in [0.3, 0.4) is 0 Å². The van der Waals surface area contributed by atoms with Gasteiger partial charge in [0.05, 0.1) is 29.4 Å². The molecule has 2 heterocycles. The molecule has 1 aliphatic rings. The highest BCUT2D eigenvalue weighted by atomic mass is 16.6. The van der Waals surface area contributed by atoms with Crippen molar-refractivity contribution in [3.63, 3.8) is 0 Å². The van der Waals surface area contributed by atoms with E-state index in [0.29, 0.717) is 24.5 Å². The first kappa shape index (κ1) is 23.9. The molecule has 13 heteroatoms. The molecule has 3 unspecified atom stereocenters. The van der Waals surface area contributed by atoms with E-state index in [1.54, 1.807) is 17.0 Å². The second-order valence-corrected chi connectivity index (χ2v) is 7.85. The van der Waals surface area contributed by atoms with Gasteiger partial charge in [-0.1, -0.05) is 12.8 Å². The Hall–Kier alpha value is -2.71. The third kappa shape index (κ3) is 5.75. The number of β-amino-alcohol motifs (C(OH)–C–C–N with tert-alkyl or cyclic N) is 1. The van der Waals surface area contributed by atoms with Crippen LogP contribution in [0.25, 0.3) is 5.69 Å². The number of anilines is 1. The average Bonchev–Trinajstić information content (AvgIpc) is 3.32. The summed E-state index contributed by atoms with van der Waals surface area (Å²) in [7, 11) is 0. The van der Waals surface area contributed by atoms with E-state index in [1.165, 1.54) is 17.1 Å². The standard InChI is InChI=1S/C19H29N7O6/c27-11-16-18(29)19(30)17(28)10-24(16)8-4-2-1-3-7-20-14-9-13(25-12-21-22-23-25)5-6-15(14)26(31)32/h5-6,9,12,16-20,27-30H,1-4,7-8,10-11H2/t16-,17?,18?,19?/m0/s1. The fraction of sp³-hybridized carbons (Fsp3) is 0.632. The summed E-state index contributed by atoms with van der Waals surface area (Å²) in [5, 5.41) is 64.5. The smallest absolute Gasteiger partial charge is 0.292 e. The third-order valence-electron chi connectivity index (χ3n) is 5.69. The number of tetrazole rings is 1. The maximum absolute atomic E-state index is 11.3. The van der Waals surface area contributed by atoms with Crippen molar-refractivity contribution in [2.45, 2.75) is 50.0 Å². The number of piperidine rings is 1. The summed E-state index contributed by atoms with van der Waals surface area (Å²) in [4.78, 5) is 12.7. The second-order valence-electron chi connectivity index (χ2n) is 7.85. The van der Waals surface area contributed by atoms with Crippen LogP contribution < -0.4 is 5.32 Å². The first-order chi connectivity index (χ1) is 15.4. The summed E-state index contributed by atoms with van der Waals surface area (Å²) in [6.45, 7) is 1.04. The Bertz CT molecular complexity index is 868. The molecular weight excluding hydrogens is 422 g/mol. The lowest BCUT2D eigenvalue weighted by Crippen LogP contribution is -2.62. The van der Waals surface area contributed by atoms with E-state index < -0.39 is 29.3 Å². The largest absolute Gasteiger partial charge is 0.395 e. The van der Waals surface area contributed by atoms with Gasteiger partial charge < -0.3 is 25.7 Å². The van der Waals surface area contributed by atoms with Gasteiger partial charge in [0.2, 0.25) is 0 Å². The number of unbranched alkanes of at least 4 members (excludes halogenated alkanes) is 3. The van der Waals surface area contributed by atoms with Crippen LogP contribution in [0.2, 0.25) is 0 Å². The molecule has 2 aromatic rings. The van der Waals surface area contributed by atoms with Crippen molar-refractivity contribution in [2.24, 2.45) is 0 Å². The molecule has 0 radical (unpaired) electrons. The minimum Gasteiger partial charge on any atom is -0.395 e. The average molecular weight is 451 g/mol. The van der Waals surface area contributed by atoms with Gasteiger partial charge in [0.15, 0.2) is 0 Å². The van der Waals surface area contributed by atoms with Gasteiger partial charge in [-0.05, 0) is 41.9 Å². The highest BCUT2D eigenvalue weighted by molar-refractivity contribution is 5.65. The molecule has 32 heavy (non-hydrogen) atoms. The van der Waals surface area contributed by atoms with Gasteiger partial charge in [0.25, 0.3) is 5.69 Å². The number of benzene rings is 1. The molecule has 1 aromatic heterocycles. The molecule has 0 bridgehead atoms. The van der Waals surface area contributed by atoms with E-state index in [4.69, 9.17) is 0 Å². The van der Waals surface area contributed by atoms with Crippen LogP contribution in [0.5, 0.6) is 0 Å². The molecule has 1 aliphatic heterocycles. The number of rotatable bonds is 11. The normalized spacial score (nSPS) is 23.9. The van der Waals surface area contributed by atoms with Crippen molar-refractivity contribution in [2.75, 3.05) is 31.6 Å². The van der Waals surface area contributed by atoms with Crippen LogP contribution in [-0.4, -0.2) is 101 Å². The molecule has 13 nitrogen and oxygen atoms in total. The lowest BCUT2D eigenvalue weighted by atomic mass is 9.94. The molecule has 4 atom stereocenters. The first-order valence-corrected chi connectivity index (χ1v) is 10.6. The maximum Gasteiger partial charge on any atom is 0.292 e. The molecule has 1 fully saturated rings. The van der Waals surface area contributed by atoms with E-state index in [9.17, 15) is 30.5 Å². The summed E-state index contributed by atoms with van der Waals surface area (Å²) in [5.74, 6) is 0. The molecule has 0 aliphatic carbocycles. The number of nitrogens with one attached hydrogen (secondary N) is 1. The molecule has 1 aromatic carbocycles. The Morgan fingerprint density at radius 2 is 1.94 bits per heavy atom. The minimum atomic E-state index is -1.25. The van der Waals surface area contributed by atoms with Crippen molar-refractivity contribution in [1.82, 2.24) is 25.1 Å². The highest BCUT2D eigenvalue weighted by Crippen LogP contribution is 2.27. The Morgan fingerprint density at radius 3 is 2.62 bits per heavy atom. The molecular formula is C19H29N7O6. The highest BCUT2D eigenvalue weighted by Gasteiger charge is 2.40. The van der Waals surface area contributed by atoms with Crippen LogP contribution >= 0.6 is 0 Å². The quantitative estimate of drug-likeness (QED) is 0.165. The molecule has 0 spiro atoms. The fourth-order valence-corrected chi connectivity index (χ4v) is 3.90. The predicted octanol–water partition coefficient (Wildman–Crippen LogP) is -0.698. The van der Waals surface area contributed by atoms with Crippen LogP contribution in [0, 0.1) is 10.1 Å². The Kier molecular flexibility index (Phi) is 8.41. The van der Waals surface area contributed by atoms with Gasteiger partial charge in [0, 0.05) is 19.2 Å². The lowest BCUT2D eigenvalue weighted by molar-refractivity contribution is -0.384. The molecule has 176 valence electrons. The molecule has 1 saturated heterocycles. The lowest BCUT2D eigenvalue weighted by Gasteiger charge is -2.43. The van der Waals surface area contributed by atoms with Gasteiger partial charge >= 0.3 is 0 Å². The number of aliphatic hydroxyl groups excluding tert-OH is 4. The number of nitrogens with zero attached hydrogens (tertiary/aromatic N) is 6. The predicted molar refractivity (Wildman–Crippen MR) is 113 cm³/mol. The van der Waals surface area contributed by atoms with E-state index in [-0.39, 0.29) is 18.8 Å². The maximum atomic E-state index is 11.3. The fourth-order valence-electron chi connectivity index (χ4n) is 3.90. The second kappa shape index (κ2) is 11.2. The summed E-state index contributed by atoms with van der Waals surface area (Å²) in [6.07, 6.45) is 1.26. The number of aromatic nitrogens is 4. The summed E-state index contributed by atoms with van der Waals surface area (Å²) < 4.78 is 1.42. The van der Waals surface area contributed by atoms with E-state index in [0.717, 1.165) is 25.7 Å². The number of hydrogen-bond donors (Lipinski definition) is 5. The number of nitro benzene ring substituents is 1. The van der Waals surface area contributed by atoms with Gasteiger partial charge in [-0.3, -0.25) is 15.0 Å². The van der Waals surface area contributed by atoms with E-state index >= 15 is 0 Å². The zero-order valence-corrected chi connectivity index (χ0v) is 17.6. The summed E-state index contributed by atoms with van der Waals surface area (Å²) in [5.41, 5.74) is 0.975. The molecule has 0 amide bonds. The number of hydrogen-bond acceptors (Lipinski definition) is 11. The van der Waals surface area contributed by atoms with Crippen LogP contribution in [0.1, 0.15) is 25.7 Å². The Morgan fingerprint density at radius 1 is 1.16 bits per heavy atom. The van der Waals surface area contributed by atoms with Crippen molar-refractivity contribution >= 4 is 11.4 Å². The first-order valence-electron chi connectivity index (χ1n) is 10.6. The van der Waals surface area contributed by atoms with Crippen molar-refractivity contribution in [1.29, 1.82) is 0 Å². The van der Waals surface area contributed by atoms with Gasteiger partial charge in [-0.2, -0.15) is 0 Å². The number of aliphatic hydroxyl groups is 4. The van der Waals surface area contributed by atoms with E-state index in [2.05, 4.69) is 20.8 Å². The van der Waals surface area contributed by atoms with Gasteiger partial charge in [0.1, 0.15) is 24.2 Å². The zero-order chi connectivity index (χ0) is 23.1. The van der Waals surface area contributed by atoms with Gasteiger partial charge in [-0.15, -0.1) is 5.10 Å². The van der Waals surface area contributed by atoms with Crippen molar-refractivity contribution < 1.29 is 25.3 Å². The number of likely N-dealkylation sites (tertiary alicyclic amines) is 1. The summed E-state index contributed by atoms with van der Waals surface area (Å²) in [6, 6.07) is 4.02. The molecule has 5 N–H and O–H groups in total. The van der Waals surface area contributed by atoms with Crippen LogP contribution in [0.15, 0.2) is 24.5 Å². The minimum absolute atomic E-state index is 0.0266. The molecule has 3 rings (SSSR count). The monoisotopic (exact) mass is 451 g/mol. The molecule has 0 saturated carbocycles. The van der Waals surface area contributed by atoms with Gasteiger partial charge in [-0.25, -0.2) is 4.68 Å². The zero-order valence-electron chi connectivity index (χ0n) is 17.6. The van der Waals surface area contributed by atoms with Crippen LogP contribution in [-0.2, 0) is 0 Å². The third-order valence-corrected chi connectivity index (χ3v) is 5.69. The summed E-state index contributed by atoms with van der Waals surface area (Å²) >= 11 is 0. The SMILES string of the molecule is O=[N+]([O-])c1ccc(-n2cnnn2)cc1NCCCCCCN1CC(O)C(O)C(O)[C@@H]1CO.